The van der Waals surface area contributed by atoms with Gasteiger partial charge >= 0.3 is 0 Å². The lowest BCUT2D eigenvalue weighted by Gasteiger charge is -2.25. The SMILES string of the molecule is CCNC(=NCC(O)c1ccc(Cl)cc1)NC1CCCn2nc(C)nc21. The van der Waals surface area contributed by atoms with E-state index in [0.29, 0.717) is 11.0 Å². The number of nitrogens with zero attached hydrogens (tertiary/aromatic N) is 4. The highest BCUT2D eigenvalue weighted by molar-refractivity contribution is 6.30. The predicted octanol–water partition coefficient (Wildman–Crippen LogP) is 2.36. The van der Waals surface area contributed by atoms with Crippen LogP contribution in [0.25, 0.3) is 0 Å². The van der Waals surface area contributed by atoms with Crippen LogP contribution in [0.1, 0.15) is 49.1 Å². The first-order valence-corrected chi connectivity index (χ1v) is 9.34. The minimum absolute atomic E-state index is 0.0652. The van der Waals surface area contributed by atoms with Gasteiger partial charge in [-0.05, 0) is 44.4 Å². The molecule has 0 bridgehead atoms. The molecule has 1 aromatic carbocycles. The molecule has 0 fully saturated rings. The van der Waals surface area contributed by atoms with Gasteiger partial charge in [-0.15, -0.1) is 0 Å². The van der Waals surface area contributed by atoms with Crippen LogP contribution in [0.3, 0.4) is 0 Å². The molecule has 0 radical (unpaired) electrons. The first-order chi connectivity index (χ1) is 12.6. The fourth-order valence-corrected chi connectivity index (χ4v) is 3.18. The number of rotatable bonds is 5. The molecule has 3 N–H and O–H groups in total. The van der Waals surface area contributed by atoms with Crippen LogP contribution in [-0.4, -0.2) is 38.9 Å². The van der Waals surface area contributed by atoms with Crippen LogP contribution in [0.4, 0.5) is 0 Å². The third-order valence-corrected chi connectivity index (χ3v) is 4.56. The van der Waals surface area contributed by atoms with Crippen LogP contribution in [0, 0.1) is 6.92 Å². The third kappa shape index (κ3) is 4.53. The molecule has 140 valence electrons. The topological polar surface area (TPSA) is 87.4 Å². The number of aliphatic imine (C=N–C) groups is 1. The normalized spacial score (nSPS) is 18.3. The molecule has 0 aliphatic carbocycles. The number of hydrogen-bond donors (Lipinski definition) is 3. The standard InChI is InChI=1S/C18H25ClN6O/c1-3-20-18(21-11-16(26)13-6-8-14(19)9-7-13)23-15-5-4-10-25-17(15)22-12(2)24-25/h6-9,15-16,26H,3-5,10-11H2,1-2H3,(H2,20,21,23). The third-order valence-electron chi connectivity index (χ3n) is 4.31. The zero-order valence-corrected chi connectivity index (χ0v) is 15.9. The first kappa shape index (κ1) is 18.7. The van der Waals surface area contributed by atoms with Gasteiger partial charge in [0.1, 0.15) is 11.6 Å². The van der Waals surface area contributed by atoms with Crippen LogP contribution in [0.15, 0.2) is 29.3 Å². The maximum absolute atomic E-state index is 10.4. The van der Waals surface area contributed by atoms with Crippen molar-refractivity contribution in [1.29, 1.82) is 0 Å². The van der Waals surface area contributed by atoms with E-state index in [0.717, 1.165) is 43.1 Å². The summed E-state index contributed by atoms with van der Waals surface area (Å²) in [5.41, 5.74) is 0.794. The molecule has 2 aromatic rings. The summed E-state index contributed by atoms with van der Waals surface area (Å²) in [6.07, 6.45) is 1.34. The number of aromatic nitrogens is 3. The average molecular weight is 377 g/mol. The van der Waals surface area contributed by atoms with E-state index in [1.807, 2.05) is 30.7 Å². The molecule has 1 aromatic heterocycles. The number of aryl methyl sites for hydroxylation is 2. The molecule has 7 nitrogen and oxygen atoms in total. The monoisotopic (exact) mass is 376 g/mol. The molecular formula is C18H25ClN6O. The molecule has 2 heterocycles. The highest BCUT2D eigenvalue weighted by Crippen LogP contribution is 2.23. The van der Waals surface area contributed by atoms with Gasteiger partial charge in [0.25, 0.3) is 0 Å². The Morgan fingerprint density at radius 2 is 2.19 bits per heavy atom. The zero-order valence-electron chi connectivity index (χ0n) is 15.1. The van der Waals surface area contributed by atoms with Gasteiger partial charge in [0.05, 0.1) is 18.7 Å². The van der Waals surface area contributed by atoms with Gasteiger partial charge in [-0.1, -0.05) is 23.7 Å². The van der Waals surface area contributed by atoms with Crippen molar-refractivity contribution in [1.82, 2.24) is 25.4 Å². The molecule has 0 spiro atoms. The van der Waals surface area contributed by atoms with Crippen molar-refractivity contribution in [2.45, 2.75) is 45.4 Å². The second kappa shape index (κ2) is 8.51. The Kier molecular flexibility index (Phi) is 6.11. The molecule has 0 saturated heterocycles. The lowest BCUT2D eigenvalue weighted by molar-refractivity contribution is 0.187. The molecule has 3 rings (SSSR count). The summed E-state index contributed by atoms with van der Waals surface area (Å²) in [6.45, 7) is 5.82. The van der Waals surface area contributed by atoms with Gasteiger partial charge in [0.15, 0.2) is 5.96 Å². The summed E-state index contributed by atoms with van der Waals surface area (Å²) < 4.78 is 1.96. The van der Waals surface area contributed by atoms with E-state index in [1.165, 1.54) is 0 Å². The van der Waals surface area contributed by atoms with Gasteiger partial charge in [-0.2, -0.15) is 5.10 Å². The molecular weight excluding hydrogens is 352 g/mol. The quantitative estimate of drug-likeness (QED) is 0.550. The summed E-state index contributed by atoms with van der Waals surface area (Å²) in [5.74, 6) is 2.39. The van der Waals surface area contributed by atoms with Crippen LogP contribution in [0.5, 0.6) is 0 Å². The number of aliphatic hydroxyl groups is 1. The van der Waals surface area contributed by atoms with Crippen LogP contribution >= 0.6 is 11.6 Å². The van der Waals surface area contributed by atoms with E-state index in [-0.39, 0.29) is 12.6 Å². The second-order valence-corrected chi connectivity index (χ2v) is 6.80. The summed E-state index contributed by atoms with van der Waals surface area (Å²) in [4.78, 5) is 9.08. The molecule has 1 aliphatic heterocycles. The molecule has 26 heavy (non-hydrogen) atoms. The van der Waals surface area contributed by atoms with Crippen LogP contribution in [0.2, 0.25) is 5.02 Å². The smallest absolute Gasteiger partial charge is 0.191 e. The molecule has 0 saturated carbocycles. The van der Waals surface area contributed by atoms with Crippen LogP contribution < -0.4 is 10.6 Å². The maximum Gasteiger partial charge on any atom is 0.191 e. The van der Waals surface area contributed by atoms with Crippen molar-refractivity contribution < 1.29 is 5.11 Å². The number of nitrogens with one attached hydrogen (secondary N) is 2. The second-order valence-electron chi connectivity index (χ2n) is 6.37. The Labute approximate surface area is 158 Å². The highest BCUT2D eigenvalue weighted by atomic mass is 35.5. The minimum Gasteiger partial charge on any atom is -0.386 e. The van der Waals surface area contributed by atoms with Crippen LogP contribution in [-0.2, 0) is 6.54 Å². The van der Waals surface area contributed by atoms with Gasteiger partial charge < -0.3 is 15.7 Å². The summed E-state index contributed by atoms with van der Waals surface area (Å²) in [7, 11) is 0. The minimum atomic E-state index is -0.681. The highest BCUT2D eigenvalue weighted by Gasteiger charge is 2.24. The van der Waals surface area contributed by atoms with Crippen molar-refractivity contribution in [3.8, 4) is 0 Å². The molecule has 0 amide bonds. The Morgan fingerprint density at radius 1 is 1.42 bits per heavy atom. The Hall–Kier alpha value is -2.12. The molecule has 8 heteroatoms. The summed E-state index contributed by atoms with van der Waals surface area (Å²) >= 11 is 5.89. The number of hydrogen-bond acceptors (Lipinski definition) is 4. The van der Waals surface area contributed by atoms with Crippen molar-refractivity contribution in [2.75, 3.05) is 13.1 Å². The van der Waals surface area contributed by atoms with E-state index >= 15 is 0 Å². The Morgan fingerprint density at radius 3 is 2.92 bits per heavy atom. The number of halogens is 1. The van der Waals surface area contributed by atoms with Crippen molar-refractivity contribution in [2.24, 2.45) is 4.99 Å². The summed E-state index contributed by atoms with van der Waals surface area (Å²) in [5, 5.41) is 22.1. The van der Waals surface area contributed by atoms with Gasteiger partial charge in [-0.25, -0.2) is 9.67 Å². The number of aliphatic hydroxyl groups excluding tert-OH is 1. The molecule has 2 unspecified atom stereocenters. The summed E-state index contributed by atoms with van der Waals surface area (Å²) in [6, 6.07) is 7.23. The molecule has 1 aliphatic rings. The van der Waals surface area contributed by atoms with Gasteiger partial charge in [-0.3, -0.25) is 4.99 Å². The largest absolute Gasteiger partial charge is 0.386 e. The Bertz CT molecular complexity index is 758. The Balaban J connectivity index is 1.69. The van der Waals surface area contributed by atoms with Gasteiger partial charge in [0.2, 0.25) is 0 Å². The van der Waals surface area contributed by atoms with E-state index < -0.39 is 6.10 Å². The number of benzene rings is 1. The molecule has 2 atom stereocenters. The number of guanidine groups is 1. The predicted molar refractivity (Wildman–Crippen MR) is 102 cm³/mol. The fraction of sp³-hybridized carbons (Fsp3) is 0.500. The zero-order chi connectivity index (χ0) is 18.5. The van der Waals surface area contributed by atoms with E-state index in [2.05, 4.69) is 25.7 Å². The average Bonchev–Trinajstić information content (AvgIpc) is 3.01. The van der Waals surface area contributed by atoms with Crippen molar-refractivity contribution in [3.05, 3.63) is 46.5 Å². The van der Waals surface area contributed by atoms with Crippen molar-refractivity contribution in [3.63, 3.8) is 0 Å². The van der Waals surface area contributed by atoms with E-state index in [9.17, 15) is 5.11 Å². The first-order valence-electron chi connectivity index (χ1n) is 8.96. The fourth-order valence-electron chi connectivity index (χ4n) is 3.06. The lowest BCUT2D eigenvalue weighted by Crippen LogP contribution is -2.41. The number of fused-ring (bicyclic) bond motifs is 1. The van der Waals surface area contributed by atoms with Crippen molar-refractivity contribution >= 4 is 17.6 Å². The van der Waals surface area contributed by atoms with E-state index in [1.54, 1.807) is 12.1 Å². The maximum atomic E-state index is 10.4. The lowest BCUT2D eigenvalue weighted by atomic mass is 10.1. The van der Waals surface area contributed by atoms with Gasteiger partial charge in [0, 0.05) is 18.1 Å². The van der Waals surface area contributed by atoms with E-state index in [4.69, 9.17) is 11.6 Å².